The van der Waals surface area contributed by atoms with Crippen LogP contribution < -0.4 is 10.1 Å². The maximum Gasteiger partial charge on any atom is 0.273 e. The number of nitrogens with zero attached hydrogens (tertiary/aromatic N) is 2. The van der Waals surface area contributed by atoms with Crippen LogP contribution in [0.25, 0.3) is 11.1 Å². The number of hydrogen-bond acceptors (Lipinski definition) is 7. The minimum absolute atomic E-state index is 0.0764. The summed E-state index contributed by atoms with van der Waals surface area (Å²) in [5, 5.41) is 13.8. The first-order valence-corrected chi connectivity index (χ1v) is 8.16. The SMILES string of the molecule is COc1cc([N+](=O)[O-])ccc1NC(=O)CSc1nc2ccccc2o1. The number of non-ortho nitro benzene ring substituents is 1. The molecule has 9 heteroatoms. The van der Waals surface area contributed by atoms with Crippen LogP contribution in [0, 0.1) is 10.1 Å². The molecule has 0 aliphatic rings. The molecule has 2 aromatic carbocycles. The predicted octanol–water partition coefficient (Wildman–Crippen LogP) is 3.48. The minimum Gasteiger partial charge on any atom is -0.494 e. The molecule has 1 amide bonds. The number of oxazole rings is 1. The first-order valence-electron chi connectivity index (χ1n) is 7.17. The summed E-state index contributed by atoms with van der Waals surface area (Å²) in [6.07, 6.45) is 0. The van der Waals surface area contributed by atoms with Crippen molar-refractivity contribution in [2.45, 2.75) is 5.22 Å². The van der Waals surface area contributed by atoms with Crippen LogP contribution >= 0.6 is 11.8 Å². The maximum absolute atomic E-state index is 12.1. The molecule has 0 saturated carbocycles. The summed E-state index contributed by atoms with van der Waals surface area (Å²) in [6, 6.07) is 11.3. The van der Waals surface area contributed by atoms with Crippen molar-refractivity contribution >= 4 is 40.1 Å². The van der Waals surface area contributed by atoms with Gasteiger partial charge in [0.25, 0.3) is 10.9 Å². The van der Waals surface area contributed by atoms with Gasteiger partial charge >= 0.3 is 0 Å². The van der Waals surface area contributed by atoms with E-state index in [4.69, 9.17) is 9.15 Å². The fraction of sp³-hybridized carbons (Fsp3) is 0.125. The number of para-hydroxylation sites is 2. The number of hydrogen-bond donors (Lipinski definition) is 1. The number of carbonyl (C=O) groups excluding carboxylic acids is 1. The van der Waals surface area contributed by atoms with Crippen LogP contribution in [0.2, 0.25) is 0 Å². The maximum atomic E-state index is 12.1. The fourth-order valence-electron chi connectivity index (χ4n) is 2.12. The van der Waals surface area contributed by atoms with Gasteiger partial charge in [-0.2, -0.15) is 0 Å². The zero-order valence-electron chi connectivity index (χ0n) is 13.1. The van der Waals surface area contributed by atoms with Gasteiger partial charge < -0.3 is 14.5 Å². The van der Waals surface area contributed by atoms with E-state index in [2.05, 4.69) is 10.3 Å². The molecule has 0 atom stereocenters. The molecule has 0 aliphatic heterocycles. The molecule has 1 aromatic heterocycles. The van der Waals surface area contributed by atoms with E-state index < -0.39 is 4.92 Å². The van der Waals surface area contributed by atoms with E-state index in [1.54, 1.807) is 6.07 Å². The number of fused-ring (bicyclic) bond motifs is 1. The van der Waals surface area contributed by atoms with Gasteiger partial charge in [-0.1, -0.05) is 23.9 Å². The van der Waals surface area contributed by atoms with Crippen LogP contribution in [0.4, 0.5) is 11.4 Å². The Morgan fingerprint density at radius 1 is 1.36 bits per heavy atom. The van der Waals surface area contributed by atoms with Crippen LogP contribution in [0.5, 0.6) is 5.75 Å². The van der Waals surface area contributed by atoms with Crippen LogP contribution in [0.15, 0.2) is 52.1 Å². The molecule has 0 bridgehead atoms. The summed E-state index contributed by atoms with van der Waals surface area (Å²) >= 11 is 1.16. The molecule has 25 heavy (non-hydrogen) atoms. The van der Waals surface area contributed by atoms with E-state index in [1.165, 1.54) is 25.3 Å². The van der Waals surface area contributed by atoms with Gasteiger partial charge in [-0.15, -0.1) is 0 Å². The van der Waals surface area contributed by atoms with Crippen molar-refractivity contribution in [3.63, 3.8) is 0 Å². The van der Waals surface area contributed by atoms with Gasteiger partial charge in [-0.3, -0.25) is 14.9 Å². The number of ether oxygens (including phenoxy) is 1. The van der Waals surface area contributed by atoms with Gasteiger partial charge in [0.2, 0.25) is 5.91 Å². The van der Waals surface area contributed by atoms with Gasteiger partial charge in [0, 0.05) is 6.07 Å². The van der Waals surface area contributed by atoms with Crippen molar-refractivity contribution in [3.8, 4) is 5.75 Å². The number of nitro benzene ring substituents is 1. The smallest absolute Gasteiger partial charge is 0.273 e. The predicted molar refractivity (Wildman–Crippen MR) is 93.0 cm³/mol. The van der Waals surface area contributed by atoms with E-state index >= 15 is 0 Å². The van der Waals surface area contributed by atoms with Crippen molar-refractivity contribution < 1.29 is 18.9 Å². The number of aromatic nitrogens is 1. The first-order chi connectivity index (χ1) is 12.1. The van der Waals surface area contributed by atoms with E-state index in [0.29, 0.717) is 16.5 Å². The van der Waals surface area contributed by atoms with Gasteiger partial charge in [0.05, 0.1) is 29.5 Å². The molecule has 0 fully saturated rings. The summed E-state index contributed by atoms with van der Waals surface area (Å²) in [6.45, 7) is 0. The standard InChI is InChI=1S/C16H13N3O5S/c1-23-14-8-10(19(21)22)6-7-12(14)17-15(20)9-25-16-18-11-4-2-3-5-13(11)24-16/h2-8H,9H2,1H3,(H,17,20). The van der Waals surface area contributed by atoms with Gasteiger partial charge in [-0.05, 0) is 18.2 Å². The number of methoxy groups -OCH3 is 1. The molecule has 128 valence electrons. The molecular weight excluding hydrogens is 346 g/mol. The first kappa shape index (κ1) is 16.8. The van der Waals surface area contributed by atoms with E-state index in [9.17, 15) is 14.9 Å². The normalized spacial score (nSPS) is 10.6. The largest absolute Gasteiger partial charge is 0.494 e. The molecule has 0 aliphatic carbocycles. The molecule has 0 spiro atoms. The van der Waals surface area contributed by atoms with Crippen LogP contribution in [-0.2, 0) is 4.79 Å². The Kier molecular flexibility index (Phi) is 4.85. The molecule has 8 nitrogen and oxygen atoms in total. The average Bonchev–Trinajstić information content (AvgIpc) is 3.03. The number of thioether (sulfide) groups is 1. The summed E-state index contributed by atoms with van der Waals surface area (Å²) in [5.74, 6) is -0.0127. The molecular formula is C16H13N3O5S. The summed E-state index contributed by atoms with van der Waals surface area (Å²) in [7, 11) is 1.38. The number of amides is 1. The van der Waals surface area contributed by atoms with E-state index in [-0.39, 0.29) is 23.1 Å². The number of nitro groups is 1. The second-order valence-corrected chi connectivity index (χ2v) is 5.85. The van der Waals surface area contributed by atoms with E-state index in [0.717, 1.165) is 17.3 Å². The summed E-state index contributed by atoms with van der Waals surface area (Å²) < 4.78 is 10.6. The molecule has 1 N–H and O–H groups in total. The van der Waals surface area contributed by atoms with E-state index in [1.807, 2.05) is 18.2 Å². The van der Waals surface area contributed by atoms with Crippen LogP contribution in [0.1, 0.15) is 0 Å². The minimum atomic E-state index is -0.531. The molecule has 3 rings (SSSR count). The number of anilines is 1. The van der Waals surface area contributed by atoms with Crippen molar-refractivity contribution in [1.82, 2.24) is 4.98 Å². The molecule has 1 heterocycles. The second kappa shape index (κ2) is 7.22. The number of benzene rings is 2. The lowest BCUT2D eigenvalue weighted by atomic mass is 10.2. The van der Waals surface area contributed by atoms with Crippen molar-refractivity contribution in [1.29, 1.82) is 0 Å². The third-order valence-electron chi connectivity index (χ3n) is 3.27. The lowest BCUT2D eigenvalue weighted by Gasteiger charge is -2.09. The Balaban J connectivity index is 1.65. The highest BCUT2D eigenvalue weighted by Gasteiger charge is 2.14. The average molecular weight is 359 g/mol. The highest BCUT2D eigenvalue weighted by molar-refractivity contribution is 7.99. The number of nitrogens with one attached hydrogen (secondary N) is 1. The van der Waals surface area contributed by atoms with Crippen LogP contribution in [-0.4, -0.2) is 28.7 Å². The Bertz CT molecular complexity index is 907. The quantitative estimate of drug-likeness (QED) is 0.408. The lowest BCUT2D eigenvalue weighted by Crippen LogP contribution is -2.14. The molecule has 0 radical (unpaired) electrons. The third kappa shape index (κ3) is 3.89. The molecule has 0 saturated heterocycles. The number of carbonyl (C=O) groups is 1. The molecule has 0 unspecified atom stereocenters. The lowest BCUT2D eigenvalue weighted by molar-refractivity contribution is -0.384. The highest BCUT2D eigenvalue weighted by Crippen LogP contribution is 2.29. The van der Waals surface area contributed by atoms with Gasteiger partial charge in [0.1, 0.15) is 11.3 Å². The highest BCUT2D eigenvalue weighted by atomic mass is 32.2. The molecule has 3 aromatic rings. The Hall–Kier alpha value is -3.07. The van der Waals surface area contributed by atoms with Crippen LogP contribution in [0.3, 0.4) is 0 Å². The zero-order chi connectivity index (χ0) is 17.8. The Morgan fingerprint density at radius 3 is 2.88 bits per heavy atom. The number of rotatable bonds is 6. The fourth-order valence-corrected chi connectivity index (χ4v) is 2.76. The third-order valence-corrected chi connectivity index (χ3v) is 4.10. The van der Waals surface area contributed by atoms with Crippen molar-refractivity contribution in [3.05, 3.63) is 52.6 Å². The van der Waals surface area contributed by atoms with Gasteiger partial charge in [-0.25, -0.2) is 4.98 Å². The topological polar surface area (TPSA) is 108 Å². The summed E-state index contributed by atoms with van der Waals surface area (Å²) in [5.41, 5.74) is 1.62. The van der Waals surface area contributed by atoms with Gasteiger partial charge in [0.15, 0.2) is 5.58 Å². The zero-order valence-corrected chi connectivity index (χ0v) is 13.9. The second-order valence-electron chi connectivity index (χ2n) is 4.93. The Labute approximate surface area is 146 Å². The summed E-state index contributed by atoms with van der Waals surface area (Å²) in [4.78, 5) is 26.6. The monoisotopic (exact) mass is 359 g/mol. The van der Waals surface area contributed by atoms with Crippen molar-refractivity contribution in [2.75, 3.05) is 18.2 Å². The van der Waals surface area contributed by atoms with Crippen molar-refractivity contribution in [2.24, 2.45) is 0 Å². The Morgan fingerprint density at radius 2 is 2.16 bits per heavy atom.